The maximum atomic E-state index is 10.3. The van der Waals surface area contributed by atoms with Gasteiger partial charge in [0.1, 0.15) is 12.0 Å². The van der Waals surface area contributed by atoms with Crippen LogP contribution in [0.4, 0.5) is 0 Å². The zero-order chi connectivity index (χ0) is 15.9. The molecular weight excluding hydrogens is 264 g/mol. The first-order valence-corrected chi connectivity index (χ1v) is 8.11. The molecule has 0 unspecified atom stereocenters. The molecule has 0 atom stereocenters. The van der Waals surface area contributed by atoms with Crippen molar-refractivity contribution in [2.75, 3.05) is 13.7 Å². The van der Waals surface area contributed by atoms with Crippen LogP contribution in [-0.4, -0.2) is 24.9 Å². The van der Waals surface area contributed by atoms with Gasteiger partial charge in [0.25, 0.3) is 0 Å². The molecule has 2 N–H and O–H groups in total. The smallest absolute Gasteiger partial charge is 0.119 e. The van der Waals surface area contributed by atoms with E-state index in [0.717, 1.165) is 56.5 Å². The molecule has 0 radical (unpaired) electrons. The van der Waals surface area contributed by atoms with E-state index in [9.17, 15) is 4.79 Å². The zero-order valence-electron chi connectivity index (χ0n) is 13.9. The van der Waals surface area contributed by atoms with Gasteiger partial charge in [-0.1, -0.05) is 26.7 Å². The van der Waals surface area contributed by atoms with Crippen molar-refractivity contribution in [3.63, 3.8) is 0 Å². The fraction of sp³-hybridized carbons (Fsp3) is 0.706. The van der Waals surface area contributed by atoms with Gasteiger partial charge in [0.15, 0.2) is 0 Å². The van der Waals surface area contributed by atoms with E-state index < -0.39 is 0 Å². The molecular formula is C17H32N2O2. The zero-order valence-corrected chi connectivity index (χ0v) is 13.9. The van der Waals surface area contributed by atoms with Crippen LogP contribution in [0.3, 0.4) is 0 Å². The summed E-state index contributed by atoms with van der Waals surface area (Å²) in [4.78, 5) is 10.3. The normalized spacial score (nSPS) is 12.4. The molecule has 0 aliphatic heterocycles. The van der Waals surface area contributed by atoms with Gasteiger partial charge in [0, 0.05) is 25.2 Å². The summed E-state index contributed by atoms with van der Waals surface area (Å²) in [6, 6.07) is 0. The van der Waals surface area contributed by atoms with Crippen LogP contribution in [0.25, 0.3) is 0 Å². The second kappa shape index (κ2) is 13.7. The number of nitrogens with zero attached hydrogens (tertiary/aromatic N) is 1. The summed E-state index contributed by atoms with van der Waals surface area (Å²) < 4.78 is 5.84. The number of unbranched alkanes of at least 4 members (excludes halogenated alkanes) is 4. The minimum Gasteiger partial charge on any atom is -0.494 e. The minimum absolute atomic E-state index is 0.618. The summed E-state index contributed by atoms with van der Waals surface area (Å²) in [7, 11) is 1.84. The van der Waals surface area contributed by atoms with Crippen molar-refractivity contribution in [2.24, 2.45) is 5.84 Å². The Hall–Kier alpha value is -1.29. The molecule has 0 aromatic heterocycles. The summed E-state index contributed by atoms with van der Waals surface area (Å²) in [5.74, 6) is 6.78. The number of hydrogen-bond acceptors (Lipinski definition) is 4. The molecule has 0 aromatic rings. The van der Waals surface area contributed by atoms with Crippen molar-refractivity contribution < 1.29 is 9.53 Å². The highest BCUT2D eigenvalue weighted by Crippen LogP contribution is 2.14. The van der Waals surface area contributed by atoms with Crippen molar-refractivity contribution in [3.8, 4) is 0 Å². The molecule has 122 valence electrons. The maximum absolute atomic E-state index is 10.3. The van der Waals surface area contributed by atoms with Crippen LogP contribution in [0.2, 0.25) is 0 Å². The summed E-state index contributed by atoms with van der Waals surface area (Å²) in [5.41, 5.74) is 1.04. The summed E-state index contributed by atoms with van der Waals surface area (Å²) in [6.45, 7) is 5.03. The fourth-order valence-electron chi connectivity index (χ4n) is 1.95. The second-order valence-corrected chi connectivity index (χ2v) is 5.23. The average molecular weight is 296 g/mol. The van der Waals surface area contributed by atoms with Crippen molar-refractivity contribution >= 4 is 6.29 Å². The van der Waals surface area contributed by atoms with Crippen molar-refractivity contribution in [2.45, 2.75) is 65.2 Å². The lowest BCUT2D eigenvalue weighted by Crippen LogP contribution is -2.25. The molecule has 0 saturated carbocycles. The second-order valence-electron chi connectivity index (χ2n) is 5.23. The van der Waals surface area contributed by atoms with E-state index in [1.165, 1.54) is 12.8 Å². The Morgan fingerprint density at radius 3 is 2.52 bits per heavy atom. The van der Waals surface area contributed by atoms with Crippen molar-refractivity contribution in [1.29, 1.82) is 0 Å². The Bertz CT molecular complexity index is 323. The number of rotatable bonds is 13. The molecule has 0 saturated heterocycles. The molecule has 0 bridgehead atoms. The van der Waals surface area contributed by atoms with Gasteiger partial charge in [0.2, 0.25) is 0 Å². The molecule has 21 heavy (non-hydrogen) atoms. The van der Waals surface area contributed by atoms with Gasteiger partial charge in [-0.15, -0.1) is 0 Å². The third-order valence-electron chi connectivity index (χ3n) is 3.19. The summed E-state index contributed by atoms with van der Waals surface area (Å²) >= 11 is 0. The number of ether oxygens (including phenoxy) is 1. The Morgan fingerprint density at radius 2 is 1.95 bits per heavy atom. The number of aldehydes is 1. The van der Waals surface area contributed by atoms with Gasteiger partial charge in [-0.25, -0.2) is 5.84 Å². The number of hydrogen-bond donors (Lipinski definition) is 1. The molecule has 4 heteroatoms. The number of carbonyl (C=O) groups is 1. The molecule has 0 aliphatic rings. The van der Waals surface area contributed by atoms with Crippen LogP contribution >= 0.6 is 0 Å². The van der Waals surface area contributed by atoms with Gasteiger partial charge < -0.3 is 14.5 Å². The maximum Gasteiger partial charge on any atom is 0.119 e. The van der Waals surface area contributed by atoms with Crippen LogP contribution in [0, 0.1) is 0 Å². The standard InChI is InChI=1S/C17H32N2O2/c1-4-6-10-14-21-17(11-5-2)15-16(19(3)18)12-8-7-9-13-20/h11,13,15H,4-10,12,14,18H2,1-3H3/b16-15+,17-11+. The molecule has 0 amide bonds. The third-order valence-corrected chi connectivity index (χ3v) is 3.19. The van der Waals surface area contributed by atoms with Crippen molar-refractivity contribution in [1.82, 2.24) is 5.01 Å². The van der Waals surface area contributed by atoms with E-state index in [-0.39, 0.29) is 0 Å². The number of nitrogens with two attached hydrogens (primary N) is 1. The molecule has 0 heterocycles. The number of allylic oxidation sites excluding steroid dienone is 3. The van der Waals surface area contributed by atoms with E-state index in [4.69, 9.17) is 10.6 Å². The molecule has 0 aliphatic carbocycles. The van der Waals surface area contributed by atoms with E-state index in [2.05, 4.69) is 19.9 Å². The minimum atomic E-state index is 0.618. The fourth-order valence-corrected chi connectivity index (χ4v) is 1.95. The van der Waals surface area contributed by atoms with Gasteiger partial charge in [0.05, 0.1) is 6.61 Å². The van der Waals surface area contributed by atoms with E-state index in [1.807, 2.05) is 13.1 Å². The van der Waals surface area contributed by atoms with Crippen LogP contribution in [0.5, 0.6) is 0 Å². The Balaban J connectivity index is 4.51. The SMILES string of the molecule is CC/C=C(\C=C(/CCCCC=O)N(C)N)OCCCCC. The van der Waals surface area contributed by atoms with Gasteiger partial charge in [-0.05, 0) is 38.2 Å². The topological polar surface area (TPSA) is 55.6 Å². The highest BCUT2D eigenvalue weighted by molar-refractivity contribution is 5.48. The van der Waals surface area contributed by atoms with Crippen LogP contribution in [-0.2, 0) is 9.53 Å². The lowest BCUT2D eigenvalue weighted by atomic mass is 10.1. The van der Waals surface area contributed by atoms with Crippen LogP contribution < -0.4 is 5.84 Å². The lowest BCUT2D eigenvalue weighted by molar-refractivity contribution is -0.107. The lowest BCUT2D eigenvalue weighted by Gasteiger charge is -2.18. The quantitative estimate of drug-likeness (QED) is 0.140. The van der Waals surface area contributed by atoms with Crippen LogP contribution in [0.15, 0.2) is 23.6 Å². The Morgan fingerprint density at radius 1 is 1.19 bits per heavy atom. The number of carbonyl (C=O) groups excluding carboxylic acids is 1. The summed E-state index contributed by atoms with van der Waals surface area (Å²) in [5, 5.41) is 1.64. The van der Waals surface area contributed by atoms with E-state index in [0.29, 0.717) is 6.42 Å². The molecule has 0 rings (SSSR count). The van der Waals surface area contributed by atoms with Gasteiger partial charge >= 0.3 is 0 Å². The predicted octanol–water partition coefficient (Wildman–Crippen LogP) is 3.94. The van der Waals surface area contributed by atoms with E-state index in [1.54, 1.807) is 5.01 Å². The van der Waals surface area contributed by atoms with Gasteiger partial charge in [-0.2, -0.15) is 0 Å². The van der Waals surface area contributed by atoms with E-state index >= 15 is 0 Å². The van der Waals surface area contributed by atoms with Crippen LogP contribution in [0.1, 0.15) is 65.2 Å². The highest BCUT2D eigenvalue weighted by Gasteiger charge is 2.04. The Kier molecular flexibility index (Phi) is 12.8. The molecule has 0 spiro atoms. The summed E-state index contributed by atoms with van der Waals surface area (Å²) in [6.07, 6.45) is 12.8. The molecule has 0 fully saturated rings. The monoisotopic (exact) mass is 296 g/mol. The average Bonchev–Trinajstić information content (AvgIpc) is 2.46. The third kappa shape index (κ3) is 11.1. The molecule has 4 nitrogen and oxygen atoms in total. The highest BCUT2D eigenvalue weighted by atomic mass is 16.5. The Labute approximate surface area is 130 Å². The van der Waals surface area contributed by atoms with Crippen molar-refractivity contribution in [3.05, 3.63) is 23.6 Å². The largest absolute Gasteiger partial charge is 0.494 e. The predicted molar refractivity (Wildman–Crippen MR) is 88.4 cm³/mol. The number of hydrazine groups is 1. The first-order chi connectivity index (χ1) is 10.2. The first-order valence-electron chi connectivity index (χ1n) is 8.11. The first kappa shape index (κ1) is 19.7. The molecule has 0 aromatic carbocycles. The van der Waals surface area contributed by atoms with Gasteiger partial charge in [-0.3, -0.25) is 0 Å².